The summed E-state index contributed by atoms with van der Waals surface area (Å²) in [5.74, 6) is 7.88. The van der Waals surface area contributed by atoms with E-state index in [-0.39, 0.29) is 6.04 Å². The van der Waals surface area contributed by atoms with E-state index in [0.717, 1.165) is 36.5 Å². The van der Waals surface area contributed by atoms with Crippen LogP contribution in [0.25, 0.3) is 11.0 Å². The fourth-order valence-corrected chi connectivity index (χ4v) is 2.88. The van der Waals surface area contributed by atoms with Crippen molar-refractivity contribution < 1.29 is 0 Å². The van der Waals surface area contributed by atoms with Gasteiger partial charge in [-0.2, -0.15) is 11.8 Å². The largest absolute Gasteiger partial charge is 0.328 e. The highest BCUT2D eigenvalue weighted by atomic mass is 32.2. The summed E-state index contributed by atoms with van der Waals surface area (Å²) in [5.41, 5.74) is 5.19. The first-order valence-corrected chi connectivity index (χ1v) is 8.08. The Bertz CT molecular complexity index is 523. The van der Waals surface area contributed by atoms with Crippen molar-refractivity contribution in [2.45, 2.75) is 32.4 Å². The molecular formula is C14H22N4S. The van der Waals surface area contributed by atoms with Gasteiger partial charge in [-0.15, -0.1) is 0 Å². The third kappa shape index (κ3) is 3.29. The Hall–Kier alpha value is -1.04. The van der Waals surface area contributed by atoms with Gasteiger partial charge in [-0.1, -0.05) is 12.1 Å². The van der Waals surface area contributed by atoms with Gasteiger partial charge in [0.1, 0.15) is 5.82 Å². The molecule has 5 heteroatoms. The molecule has 0 saturated carbocycles. The Labute approximate surface area is 118 Å². The molecule has 1 unspecified atom stereocenters. The number of hydrogen-bond acceptors (Lipinski definition) is 4. The third-order valence-corrected chi connectivity index (χ3v) is 4.03. The van der Waals surface area contributed by atoms with Crippen LogP contribution in [0, 0.1) is 0 Å². The lowest BCUT2D eigenvalue weighted by Crippen LogP contribution is -2.37. The van der Waals surface area contributed by atoms with Crippen LogP contribution in [-0.4, -0.2) is 27.6 Å². The number of rotatable bonds is 7. The van der Waals surface area contributed by atoms with Crippen LogP contribution in [0.4, 0.5) is 0 Å². The van der Waals surface area contributed by atoms with E-state index in [0.29, 0.717) is 0 Å². The van der Waals surface area contributed by atoms with Gasteiger partial charge < -0.3 is 4.57 Å². The molecule has 0 aliphatic heterocycles. The maximum Gasteiger partial charge on any atom is 0.111 e. The summed E-state index contributed by atoms with van der Waals surface area (Å²) >= 11 is 1.85. The van der Waals surface area contributed by atoms with Gasteiger partial charge in [-0.25, -0.2) is 4.98 Å². The Balaban J connectivity index is 2.23. The van der Waals surface area contributed by atoms with Crippen molar-refractivity contribution in [1.29, 1.82) is 0 Å². The van der Waals surface area contributed by atoms with Crippen molar-refractivity contribution >= 4 is 22.8 Å². The van der Waals surface area contributed by atoms with E-state index < -0.39 is 0 Å². The lowest BCUT2D eigenvalue weighted by molar-refractivity contribution is 0.494. The summed E-state index contributed by atoms with van der Waals surface area (Å²) < 4.78 is 2.28. The standard InChI is InChI=1S/C14H22N4S/c1-3-18-13-7-5-4-6-12(13)16-14(18)10-11(17-15)8-9-19-2/h4-7,11,17H,3,8-10,15H2,1-2H3. The second-order valence-electron chi connectivity index (χ2n) is 4.61. The molecule has 1 atom stereocenters. The summed E-state index contributed by atoms with van der Waals surface area (Å²) in [7, 11) is 0. The number of nitrogens with zero attached hydrogens (tertiary/aromatic N) is 2. The molecule has 1 heterocycles. The van der Waals surface area contributed by atoms with E-state index in [1.165, 1.54) is 5.52 Å². The van der Waals surface area contributed by atoms with E-state index in [4.69, 9.17) is 10.8 Å². The van der Waals surface area contributed by atoms with Gasteiger partial charge in [-0.05, 0) is 37.5 Å². The number of benzene rings is 1. The highest BCUT2D eigenvalue weighted by molar-refractivity contribution is 7.98. The van der Waals surface area contributed by atoms with Crippen molar-refractivity contribution in [1.82, 2.24) is 15.0 Å². The molecule has 0 amide bonds. The fraction of sp³-hybridized carbons (Fsp3) is 0.500. The van der Waals surface area contributed by atoms with Crippen LogP contribution in [0.3, 0.4) is 0 Å². The van der Waals surface area contributed by atoms with E-state index >= 15 is 0 Å². The van der Waals surface area contributed by atoms with Gasteiger partial charge in [0.25, 0.3) is 0 Å². The monoisotopic (exact) mass is 278 g/mol. The molecular weight excluding hydrogens is 256 g/mol. The lowest BCUT2D eigenvalue weighted by atomic mass is 10.1. The van der Waals surface area contributed by atoms with Crippen LogP contribution in [0.2, 0.25) is 0 Å². The minimum Gasteiger partial charge on any atom is -0.328 e. The zero-order valence-electron chi connectivity index (χ0n) is 11.6. The Morgan fingerprint density at radius 1 is 1.42 bits per heavy atom. The maximum atomic E-state index is 5.65. The average molecular weight is 278 g/mol. The summed E-state index contributed by atoms with van der Waals surface area (Å²) in [4.78, 5) is 4.74. The van der Waals surface area contributed by atoms with Crippen molar-refractivity contribution in [2.24, 2.45) is 5.84 Å². The molecule has 0 saturated heterocycles. The number of hydrogen-bond donors (Lipinski definition) is 2. The van der Waals surface area contributed by atoms with Crippen LogP contribution >= 0.6 is 11.8 Å². The first-order valence-electron chi connectivity index (χ1n) is 6.69. The minimum atomic E-state index is 0.287. The lowest BCUT2D eigenvalue weighted by Gasteiger charge is -2.15. The minimum absolute atomic E-state index is 0.287. The molecule has 19 heavy (non-hydrogen) atoms. The molecule has 2 rings (SSSR count). The Kier molecular flexibility index (Phi) is 5.24. The molecule has 1 aromatic carbocycles. The smallest absolute Gasteiger partial charge is 0.111 e. The number of fused-ring (bicyclic) bond motifs is 1. The molecule has 104 valence electrons. The zero-order valence-corrected chi connectivity index (χ0v) is 12.4. The molecule has 3 N–H and O–H groups in total. The molecule has 0 aliphatic rings. The summed E-state index contributed by atoms with van der Waals surface area (Å²) in [5, 5.41) is 0. The van der Waals surface area contributed by atoms with Crippen LogP contribution < -0.4 is 11.3 Å². The maximum absolute atomic E-state index is 5.65. The van der Waals surface area contributed by atoms with Crippen molar-refractivity contribution in [3.63, 3.8) is 0 Å². The highest BCUT2D eigenvalue weighted by Crippen LogP contribution is 2.17. The summed E-state index contributed by atoms with van der Waals surface area (Å²) in [6.07, 6.45) is 4.05. The normalized spacial score (nSPS) is 13.0. The molecule has 4 nitrogen and oxygen atoms in total. The first kappa shape index (κ1) is 14.4. The van der Waals surface area contributed by atoms with Crippen LogP contribution in [0.15, 0.2) is 24.3 Å². The van der Waals surface area contributed by atoms with Gasteiger partial charge in [-0.3, -0.25) is 11.3 Å². The number of hydrazine groups is 1. The summed E-state index contributed by atoms with van der Waals surface area (Å²) in [6.45, 7) is 3.10. The second kappa shape index (κ2) is 6.93. The van der Waals surface area contributed by atoms with Crippen LogP contribution in [0.5, 0.6) is 0 Å². The average Bonchev–Trinajstić information content (AvgIpc) is 2.80. The van der Waals surface area contributed by atoms with E-state index in [1.807, 2.05) is 17.8 Å². The quantitative estimate of drug-likeness (QED) is 0.602. The van der Waals surface area contributed by atoms with Gasteiger partial charge in [0, 0.05) is 19.0 Å². The second-order valence-corrected chi connectivity index (χ2v) is 5.60. The SMILES string of the molecule is CCn1c(CC(CCSC)NN)nc2ccccc21. The molecule has 0 aliphatic carbocycles. The van der Waals surface area contributed by atoms with Crippen molar-refractivity contribution in [2.75, 3.05) is 12.0 Å². The Morgan fingerprint density at radius 3 is 2.89 bits per heavy atom. The number of nitrogens with two attached hydrogens (primary N) is 1. The topological polar surface area (TPSA) is 55.9 Å². The molecule has 0 radical (unpaired) electrons. The zero-order chi connectivity index (χ0) is 13.7. The predicted molar refractivity (Wildman–Crippen MR) is 83.2 cm³/mol. The van der Waals surface area contributed by atoms with Gasteiger partial charge in [0.2, 0.25) is 0 Å². The van der Waals surface area contributed by atoms with Gasteiger partial charge in [0.05, 0.1) is 11.0 Å². The highest BCUT2D eigenvalue weighted by Gasteiger charge is 2.14. The van der Waals surface area contributed by atoms with E-state index in [1.54, 1.807) is 0 Å². The van der Waals surface area contributed by atoms with E-state index in [2.05, 4.69) is 41.4 Å². The molecule has 0 fully saturated rings. The molecule has 0 bridgehead atoms. The third-order valence-electron chi connectivity index (χ3n) is 3.38. The molecule has 2 aromatic rings. The predicted octanol–water partition coefficient (Wildman–Crippen LogP) is 2.18. The van der Waals surface area contributed by atoms with Crippen LogP contribution in [0.1, 0.15) is 19.2 Å². The van der Waals surface area contributed by atoms with Gasteiger partial charge in [0.15, 0.2) is 0 Å². The fourth-order valence-electron chi connectivity index (χ4n) is 2.36. The van der Waals surface area contributed by atoms with Crippen molar-refractivity contribution in [3.05, 3.63) is 30.1 Å². The number of thioether (sulfide) groups is 1. The number of para-hydroxylation sites is 2. The van der Waals surface area contributed by atoms with Crippen LogP contribution in [-0.2, 0) is 13.0 Å². The number of aryl methyl sites for hydroxylation is 1. The molecule has 0 spiro atoms. The Morgan fingerprint density at radius 2 is 2.21 bits per heavy atom. The number of aromatic nitrogens is 2. The van der Waals surface area contributed by atoms with Gasteiger partial charge >= 0.3 is 0 Å². The van der Waals surface area contributed by atoms with E-state index in [9.17, 15) is 0 Å². The number of imidazole rings is 1. The molecule has 1 aromatic heterocycles. The summed E-state index contributed by atoms with van der Waals surface area (Å²) in [6, 6.07) is 8.58. The first-order chi connectivity index (χ1) is 9.30. The number of nitrogens with one attached hydrogen (secondary N) is 1. The van der Waals surface area contributed by atoms with Crippen molar-refractivity contribution in [3.8, 4) is 0 Å².